The van der Waals surface area contributed by atoms with Gasteiger partial charge in [-0.05, 0) is 36.8 Å². The van der Waals surface area contributed by atoms with Crippen molar-refractivity contribution in [3.8, 4) is 17.2 Å². The van der Waals surface area contributed by atoms with Crippen LogP contribution < -0.4 is 23.8 Å². The summed E-state index contributed by atoms with van der Waals surface area (Å²) in [6, 6.07) is 10.8. The lowest BCUT2D eigenvalue weighted by molar-refractivity contribution is -0.139. The van der Waals surface area contributed by atoms with E-state index in [1.807, 2.05) is 0 Å². The topological polar surface area (TPSA) is 114 Å². The minimum absolute atomic E-state index is 0.0982. The number of nitrogens with zero attached hydrogens (tertiary/aromatic N) is 2. The summed E-state index contributed by atoms with van der Waals surface area (Å²) >= 11 is 0. The summed E-state index contributed by atoms with van der Waals surface area (Å²) in [4.78, 5) is 27.1. The van der Waals surface area contributed by atoms with E-state index in [0.717, 1.165) is 16.1 Å². The Kier molecular flexibility index (Phi) is 9.13. The Balaban J connectivity index is 2.41. The number of amides is 2. The van der Waals surface area contributed by atoms with Crippen LogP contribution in [0.4, 0.5) is 5.69 Å². The third-order valence-electron chi connectivity index (χ3n) is 5.26. The van der Waals surface area contributed by atoms with E-state index in [-0.39, 0.29) is 18.1 Å². The summed E-state index contributed by atoms with van der Waals surface area (Å²) in [7, 11) is 2.06. The molecule has 0 aliphatic rings. The first-order chi connectivity index (χ1) is 16.0. The molecule has 1 unspecified atom stereocenters. The second kappa shape index (κ2) is 11.6. The highest BCUT2D eigenvalue weighted by atomic mass is 32.2. The number of methoxy groups -OCH3 is 3. The highest BCUT2D eigenvalue weighted by molar-refractivity contribution is 7.92. The van der Waals surface area contributed by atoms with Gasteiger partial charge in [-0.3, -0.25) is 13.9 Å². The number of benzene rings is 2. The molecule has 0 radical (unpaired) electrons. The number of sulfonamides is 1. The number of carbonyl (C=O) groups excluding carboxylic acids is 2. The summed E-state index contributed by atoms with van der Waals surface area (Å²) in [5.41, 5.74) is 0.979. The Labute approximate surface area is 200 Å². The molecule has 2 amide bonds. The van der Waals surface area contributed by atoms with Crippen LogP contribution in [0.2, 0.25) is 0 Å². The molecule has 1 N–H and O–H groups in total. The van der Waals surface area contributed by atoms with E-state index in [1.54, 1.807) is 44.4 Å². The molecule has 0 saturated heterocycles. The van der Waals surface area contributed by atoms with Crippen LogP contribution in [-0.4, -0.2) is 72.4 Å². The molecule has 2 aromatic carbocycles. The molecule has 34 heavy (non-hydrogen) atoms. The number of hydrogen-bond acceptors (Lipinski definition) is 7. The second-order valence-corrected chi connectivity index (χ2v) is 9.38. The first-order valence-corrected chi connectivity index (χ1v) is 12.2. The monoisotopic (exact) mass is 493 g/mol. The molecule has 2 aromatic rings. The van der Waals surface area contributed by atoms with Crippen molar-refractivity contribution in [1.82, 2.24) is 10.2 Å². The van der Waals surface area contributed by atoms with Crippen LogP contribution in [0.25, 0.3) is 0 Å². The van der Waals surface area contributed by atoms with Crippen molar-refractivity contribution in [2.75, 3.05) is 45.5 Å². The molecule has 10 nitrogen and oxygen atoms in total. The minimum Gasteiger partial charge on any atom is -0.497 e. The number of anilines is 1. The zero-order valence-electron chi connectivity index (χ0n) is 20.2. The Hall–Kier alpha value is -3.47. The Morgan fingerprint density at radius 3 is 2.09 bits per heavy atom. The normalized spacial score (nSPS) is 11.8. The molecule has 0 bridgehead atoms. The van der Waals surface area contributed by atoms with Crippen LogP contribution >= 0.6 is 0 Å². The van der Waals surface area contributed by atoms with Gasteiger partial charge in [-0.1, -0.05) is 12.1 Å². The van der Waals surface area contributed by atoms with Crippen molar-refractivity contribution >= 4 is 27.5 Å². The van der Waals surface area contributed by atoms with E-state index < -0.39 is 28.5 Å². The average Bonchev–Trinajstić information content (AvgIpc) is 2.83. The van der Waals surface area contributed by atoms with Crippen molar-refractivity contribution in [3.63, 3.8) is 0 Å². The van der Waals surface area contributed by atoms with Crippen molar-refractivity contribution < 1.29 is 32.2 Å². The second-order valence-electron chi connectivity index (χ2n) is 7.47. The fourth-order valence-corrected chi connectivity index (χ4v) is 4.15. The maximum atomic E-state index is 13.4. The van der Waals surface area contributed by atoms with Crippen molar-refractivity contribution in [3.05, 3.63) is 48.0 Å². The molecule has 1 atom stereocenters. The van der Waals surface area contributed by atoms with Crippen LogP contribution in [0.5, 0.6) is 17.2 Å². The molecule has 0 saturated carbocycles. The zero-order valence-corrected chi connectivity index (χ0v) is 21.0. The quantitative estimate of drug-likeness (QED) is 0.506. The molecule has 2 rings (SSSR count). The predicted molar refractivity (Wildman–Crippen MR) is 129 cm³/mol. The third kappa shape index (κ3) is 6.53. The van der Waals surface area contributed by atoms with Gasteiger partial charge in [0, 0.05) is 19.7 Å². The number of rotatable bonds is 11. The maximum absolute atomic E-state index is 13.4. The summed E-state index contributed by atoms with van der Waals surface area (Å²) in [6.07, 6.45) is 1.01. The van der Waals surface area contributed by atoms with E-state index >= 15 is 0 Å². The van der Waals surface area contributed by atoms with Crippen LogP contribution in [0.3, 0.4) is 0 Å². The van der Waals surface area contributed by atoms with Gasteiger partial charge in [0.1, 0.15) is 18.3 Å². The number of likely N-dealkylation sites (N-methyl/N-ethyl adjacent to an activating group) is 1. The van der Waals surface area contributed by atoms with Gasteiger partial charge in [0.15, 0.2) is 11.5 Å². The van der Waals surface area contributed by atoms with Gasteiger partial charge in [0.2, 0.25) is 21.8 Å². The summed E-state index contributed by atoms with van der Waals surface area (Å²) in [5, 5.41) is 2.53. The molecular weight excluding hydrogens is 462 g/mol. The smallest absolute Gasteiger partial charge is 0.244 e. The van der Waals surface area contributed by atoms with E-state index in [9.17, 15) is 18.0 Å². The molecule has 186 valence electrons. The van der Waals surface area contributed by atoms with Crippen molar-refractivity contribution in [1.29, 1.82) is 0 Å². The van der Waals surface area contributed by atoms with E-state index in [2.05, 4.69) is 5.32 Å². The number of nitrogens with one attached hydrogen (secondary N) is 1. The standard InChI is InChI=1S/C23H31N3O7S/c1-16(23(28)24-2)25(14-17-7-10-19(31-3)11-8-17)22(27)15-26(34(6,29)30)18-9-12-20(32-4)21(13-18)33-5/h7-13,16H,14-15H2,1-6H3,(H,24,28). The molecule has 0 aromatic heterocycles. The van der Waals surface area contributed by atoms with Crippen LogP contribution in [0.1, 0.15) is 12.5 Å². The fraction of sp³-hybridized carbons (Fsp3) is 0.391. The van der Waals surface area contributed by atoms with Gasteiger partial charge in [0.05, 0.1) is 33.3 Å². The lowest BCUT2D eigenvalue weighted by Crippen LogP contribution is -2.50. The van der Waals surface area contributed by atoms with Gasteiger partial charge in [0.25, 0.3) is 0 Å². The van der Waals surface area contributed by atoms with Crippen molar-refractivity contribution in [2.45, 2.75) is 19.5 Å². The van der Waals surface area contributed by atoms with Crippen LogP contribution in [0.15, 0.2) is 42.5 Å². The van der Waals surface area contributed by atoms with E-state index in [0.29, 0.717) is 17.2 Å². The highest BCUT2D eigenvalue weighted by Gasteiger charge is 2.30. The Morgan fingerprint density at radius 1 is 0.971 bits per heavy atom. The minimum atomic E-state index is -3.85. The van der Waals surface area contributed by atoms with E-state index in [1.165, 1.54) is 38.3 Å². The van der Waals surface area contributed by atoms with Gasteiger partial charge in [-0.15, -0.1) is 0 Å². The third-order valence-corrected chi connectivity index (χ3v) is 6.40. The molecule has 11 heteroatoms. The molecule has 0 heterocycles. The lowest BCUT2D eigenvalue weighted by atomic mass is 10.1. The largest absolute Gasteiger partial charge is 0.497 e. The Bertz CT molecular complexity index is 1100. The molecule has 0 aliphatic carbocycles. The van der Waals surface area contributed by atoms with Gasteiger partial charge in [-0.25, -0.2) is 8.42 Å². The maximum Gasteiger partial charge on any atom is 0.244 e. The first-order valence-electron chi connectivity index (χ1n) is 10.4. The average molecular weight is 494 g/mol. The SMILES string of the molecule is CNC(=O)C(C)N(Cc1ccc(OC)cc1)C(=O)CN(c1ccc(OC)c(OC)c1)S(C)(=O)=O. The molecular formula is C23H31N3O7S. The summed E-state index contributed by atoms with van der Waals surface area (Å²) in [6.45, 7) is 1.17. The molecule has 0 fully saturated rings. The molecule has 0 spiro atoms. The van der Waals surface area contributed by atoms with Gasteiger partial charge < -0.3 is 24.4 Å². The van der Waals surface area contributed by atoms with Gasteiger partial charge >= 0.3 is 0 Å². The number of hydrogen-bond donors (Lipinski definition) is 1. The van der Waals surface area contributed by atoms with Crippen molar-refractivity contribution in [2.24, 2.45) is 0 Å². The summed E-state index contributed by atoms with van der Waals surface area (Å²) < 4.78 is 41.9. The molecule has 0 aliphatic heterocycles. The van der Waals surface area contributed by atoms with Crippen LogP contribution in [-0.2, 0) is 26.2 Å². The zero-order chi connectivity index (χ0) is 25.5. The first kappa shape index (κ1) is 26.8. The van der Waals surface area contributed by atoms with Crippen LogP contribution in [0, 0.1) is 0 Å². The lowest BCUT2D eigenvalue weighted by Gasteiger charge is -2.31. The predicted octanol–water partition coefficient (Wildman–Crippen LogP) is 1.64. The Morgan fingerprint density at radius 2 is 1.59 bits per heavy atom. The fourth-order valence-electron chi connectivity index (χ4n) is 3.31. The number of carbonyl (C=O) groups is 2. The van der Waals surface area contributed by atoms with Gasteiger partial charge in [-0.2, -0.15) is 0 Å². The van der Waals surface area contributed by atoms with E-state index in [4.69, 9.17) is 14.2 Å². The number of ether oxygens (including phenoxy) is 3. The highest BCUT2D eigenvalue weighted by Crippen LogP contribution is 2.32. The summed E-state index contributed by atoms with van der Waals surface area (Å²) in [5.74, 6) is 0.457.